The van der Waals surface area contributed by atoms with Gasteiger partial charge >= 0.3 is 0 Å². The van der Waals surface area contributed by atoms with Crippen LogP contribution in [0.3, 0.4) is 0 Å². The lowest BCUT2D eigenvalue weighted by molar-refractivity contribution is 0.0901. The highest BCUT2D eigenvalue weighted by Gasteiger charge is 2.09. The van der Waals surface area contributed by atoms with Crippen LogP contribution in [0.2, 0.25) is 0 Å². The maximum atomic E-state index is 11.4. The van der Waals surface area contributed by atoms with E-state index in [1.54, 1.807) is 19.3 Å². The van der Waals surface area contributed by atoms with Gasteiger partial charge in [0.1, 0.15) is 5.69 Å². The molecule has 0 aliphatic rings. The Balaban J connectivity index is 2.96. The van der Waals surface area contributed by atoms with Crippen molar-refractivity contribution in [2.24, 2.45) is 0 Å². The maximum absolute atomic E-state index is 11.4. The van der Waals surface area contributed by atoms with Crippen molar-refractivity contribution in [3.8, 4) is 0 Å². The summed E-state index contributed by atoms with van der Waals surface area (Å²) in [4.78, 5) is 15.3. The molecule has 0 atom stereocenters. The molecule has 0 unspecified atom stereocenters. The average Bonchev–Trinajstić information content (AvgIpc) is 2.03. The third-order valence-corrected chi connectivity index (χ3v) is 1.85. The molecule has 0 saturated carbocycles. The second-order valence-electron chi connectivity index (χ2n) is 2.50. The number of hydrogen-bond acceptors (Lipinski definition) is 2. The van der Waals surface area contributed by atoms with Gasteiger partial charge in [-0.1, -0.05) is 0 Å². The van der Waals surface area contributed by atoms with Crippen molar-refractivity contribution in [2.75, 3.05) is 7.05 Å². The lowest BCUT2D eigenvalue weighted by Crippen LogP contribution is -2.16. The molecule has 1 aromatic heterocycles. The number of nitrogens with zero attached hydrogens (tertiary/aromatic N) is 2. The summed E-state index contributed by atoms with van der Waals surface area (Å²) in [6.07, 6.45) is 1.64. The minimum atomic E-state index is -0.0701. The van der Waals surface area contributed by atoms with Crippen molar-refractivity contribution < 1.29 is 4.79 Å². The van der Waals surface area contributed by atoms with E-state index in [1.807, 2.05) is 35.9 Å². The molecule has 0 aliphatic heterocycles. The van der Waals surface area contributed by atoms with Gasteiger partial charge in [0.2, 0.25) is 0 Å². The third kappa shape index (κ3) is 2.17. The predicted octanol–water partition coefficient (Wildman–Crippen LogP) is 1.81. The highest BCUT2D eigenvalue weighted by atomic mass is 127. The standard InChI is InChI=1S/C8H9IN2O/c1-6-3-4-10-7(5-6)8(12)11(2)9/h3-5H,1-2H3. The van der Waals surface area contributed by atoms with Gasteiger partial charge in [-0.2, -0.15) is 0 Å². The van der Waals surface area contributed by atoms with Gasteiger partial charge in [-0.25, -0.2) is 0 Å². The number of amides is 1. The van der Waals surface area contributed by atoms with Crippen LogP contribution in [0.25, 0.3) is 0 Å². The molecule has 0 bridgehead atoms. The van der Waals surface area contributed by atoms with Crippen LogP contribution in [0.5, 0.6) is 0 Å². The molecule has 1 amide bonds. The van der Waals surface area contributed by atoms with E-state index in [4.69, 9.17) is 0 Å². The summed E-state index contributed by atoms with van der Waals surface area (Å²) < 4.78 is 1.49. The molecule has 0 N–H and O–H groups in total. The first kappa shape index (κ1) is 9.44. The third-order valence-electron chi connectivity index (χ3n) is 1.41. The second-order valence-corrected chi connectivity index (χ2v) is 3.95. The SMILES string of the molecule is Cc1ccnc(C(=O)N(C)I)c1. The Bertz CT molecular complexity index is 299. The topological polar surface area (TPSA) is 33.2 Å². The Morgan fingerprint density at radius 2 is 2.33 bits per heavy atom. The molecule has 0 fully saturated rings. The smallest absolute Gasteiger partial charge is 0.280 e. The highest BCUT2D eigenvalue weighted by molar-refractivity contribution is 14.1. The minimum Gasteiger partial charge on any atom is -0.283 e. The monoisotopic (exact) mass is 276 g/mol. The lowest BCUT2D eigenvalue weighted by Gasteiger charge is -2.06. The number of carbonyl (C=O) groups excluding carboxylic acids is 1. The minimum absolute atomic E-state index is 0.0701. The first-order chi connectivity index (χ1) is 5.61. The first-order valence-corrected chi connectivity index (χ1v) is 4.44. The van der Waals surface area contributed by atoms with Gasteiger partial charge in [0.05, 0.1) is 22.9 Å². The number of halogens is 1. The van der Waals surface area contributed by atoms with Gasteiger partial charge in [0.15, 0.2) is 0 Å². The molecule has 0 spiro atoms. The zero-order valence-electron chi connectivity index (χ0n) is 6.91. The molecule has 1 aromatic rings. The second kappa shape index (κ2) is 3.84. The highest BCUT2D eigenvalue weighted by Crippen LogP contribution is 2.05. The van der Waals surface area contributed by atoms with E-state index in [0.29, 0.717) is 5.69 Å². The van der Waals surface area contributed by atoms with Gasteiger partial charge in [-0.05, 0) is 24.6 Å². The van der Waals surface area contributed by atoms with Crippen LogP contribution in [-0.2, 0) is 0 Å². The lowest BCUT2D eigenvalue weighted by atomic mass is 10.2. The van der Waals surface area contributed by atoms with E-state index < -0.39 is 0 Å². The predicted molar refractivity (Wildman–Crippen MR) is 55.1 cm³/mol. The van der Waals surface area contributed by atoms with E-state index >= 15 is 0 Å². The van der Waals surface area contributed by atoms with Crippen LogP contribution < -0.4 is 0 Å². The number of carbonyl (C=O) groups is 1. The first-order valence-electron chi connectivity index (χ1n) is 3.48. The van der Waals surface area contributed by atoms with Gasteiger partial charge in [-0.15, -0.1) is 0 Å². The van der Waals surface area contributed by atoms with Crippen LogP contribution in [0.15, 0.2) is 18.3 Å². The molecule has 0 saturated heterocycles. The van der Waals surface area contributed by atoms with Crippen LogP contribution in [-0.4, -0.2) is 21.1 Å². The maximum Gasteiger partial charge on any atom is 0.280 e. The molecule has 64 valence electrons. The molecule has 3 nitrogen and oxygen atoms in total. The van der Waals surface area contributed by atoms with Crippen LogP contribution >= 0.6 is 22.9 Å². The van der Waals surface area contributed by atoms with Crippen molar-refractivity contribution in [2.45, 2.75) is 6.92 Å². The van der Waals surface area contributed by atoms with Crippen molar-refractivity contribution >= 4 is 28.8 Å². The van der Waals surface area contributed by atoms with Crippen molar-refractivity contribution in [1.82, 2.24) is 8.10 Å². The summed E-state index contributed by atoms with van der Waals surface area (Å²) in [5.74, 6) is -0.0701. The van der Waals surface area contributed by atoms with E-state index in [1.165, 1.54) is 3.11 Å². The van der Waals surface area contributed by atoms with Crippen molar-refractivity contribution in [3.63, 3.8) is 0 Å². The summed E-state index contributed by atoms with van der Waals surface area (Å²) in [6, 6.07) is 3.64. The molecule has 1 rings (SSSR count). The molecule has 12 heavy (non-hydrogen) atoms. The average molecular weight is 276 g/mol. The van der Waals surface area contributed by atoms with Crippen molar-refractivity contribution in [3.05, 3.63) is 29.6 Å². The molecule has 1 heterocycles. The number of aromatic nitrogens is 1. The Morgan fingerprint density at radius 3 is 2.83 bits per heavy atom. The Labute approximate surface area is 85.3 Å². The number of hydrogen-bond donors (Lipinski definition) is 0. The summed E-state index contributed by atoms with van der Waals surface area (Å²) in [5.41, 5.74) is 1.54. The van der Waals surface area contributed by atoms with E-state index in [2.05, 4.69) is 4.98 Å². The zero-order chi connectivity index (χ0) is 9.14. The summed E-state index contributed by atoms with van der Waals surface area (Å²) in [7, 11) is 1.70. The van der Waals surface area contributed by atoms with Crippen LogP contribution in [0, 0.1) is 6.92 Å². The Kier molecular flexibility index (Phi) is 3.02. The van der Waals surface area contributed by atoms with Gasteiger partial charge in [-0.3, -0.25) is 12.9 Å². The van der Waals surface area contributed by atoms with Gasteiger partial charge in [0, 0.05) is 13.2 Å². The molecular weight excluding hydrogens is 267 g/mol. The van der Waals surface area contributed by atoms with Gasteiger partial charge in [0.25, 0.3) is 5.91 Å². The largest absolute Gasteiger partial charge is 0.283 e. The molecule has 0 aromatic carbocycles. The molecule has 0 aliphatic carbocycles. The van der Waals surface area contributed by atoms with Gasteiger partial charge < -0.3 is 0 Å². The molecule has 0 radical (unpaired) electrons. The Morgan fingerprint density at radius 1 is 1.67 bits per heavy atom. The number of aryl methyl sites for hydroxylation is 1. The molecule has 4 heteroatoms. The normalized spacial score (nSPS) is 9.58. The van der Waals surface area contributed by atoms with E-state index in [9.17, 15) is 4.79 Å². The van der Waals surface area contributed by atoms with Crippen LogP contribution in [0.1, 0.15) is 16.1 Å². The van der Waals surface area contributed by atoms with E-state index in [-0.39, 0.29) is 5.91 Å². The Hall–Kier alpha value is -0.650. The quantitative estimate of drug-likeness (QED) is 0.579. The summed E-state index contributed by atoms with van der Waals surface area (Å²) in [5, 5.41) is 0. The summed E-state index contributed by atoms with van der Waals surface area (Å²) in [6.45, 7) is 1.94. The fourth-order valence-corrected chi connectivity index (χ4v) is 1.06. The van der Waals surface area contributed by atoms with Crippen molar-refractivity contribution in [1.29, 1.82) is 0 Å². The zero-order valence-corrected chi connectivity index (χ0v) is 9.07. The van der Waals surface area contributed by atoms with E-state index in [0.717, 1.165) is 5.56 Å². The summed E-state index contributed by atoms with van der Waals surface area (Å²) >= 11 is 1.93. The fraction of sp³-hybridized carbons (Fsp3) is 0.250. The van der Waals surface area contributed by atoms with Crippen LogP contribution in [0.4, 0.5) is 0 Å². The number of pyridine rings is 1. The fourth-order valence-electron chi connectivity index (χ4n) is 0.811. The number of rotatable bonds is 1. The molecular formula is C8H9IN2O.